The van der Waals surface area contributed by atoms with Crippen molar-refractivity contribution >= 4 is 25.7 Å². The molecule has 3 rings (SSSR count). The van der Waals surface area contributed by atoms with E-state index >= 15 is 0 Å². The lowest BCUT2D eigenvalue weighted by Gasteiger charge is -2.49. The van der Waals surface area contributed by atoms with Crippen LogP contribution in [0.4, 0.5) is 0 Å². The van der Waals surface area contributed by atoms with Gasteiger partial charge in [0.2, 0.25) is 0 Å². The highest BCUT2D eigenvalue weighted by molar-refractivity contribution is 7.47. The van der Waals surface area contributed by atoms with Crippen molar-refractivity contribution in [1.82, 2.24) is 0 Å². The largest absolute Gasteiger partial charge is 0.472 e. The number of rotatable bonds is 58. The number of aliphatic hydroxyl groups excluding tert-OH is 10. The summed E-state index contributed by atoms with van der Waals surface area (Å²) in [7, 11) is -5.69. The molecule has 1 saturated carbocycles. The van der Waals surface area contributed by atoms with Crippen LogP contribution >= 0.6 is 7.82 Å². The Hall–Kier alpha value is -2.30. The van der Waals surface area contributed by atoms with Crippen molar-refractivity contribution in [2.45, 2.75) is 395 Å². The Morgan fingerprint density at radius 1 is 0.396 bits per heavy atom. The summed E-state index contributed by atoms with van der Waals surface area (Å²) in [6.07, 6.45) is 11.4. The molecular formula is C71H131O24P. The number of hydrogen-bond donors (Lipinski definition) is 11. The first-order valence-corrected chi connectivity index (χ1v) is 39.0. The number of phosphoric acid groups is 1. The lowest BCUT2D eigenvalue weighted by Crippen LogP contribution is -2.69. The molecule has 564 valence electrons. The highest BCUT2D eigenvalue weighted by Gasteiger charge is 2.58. The first-order valence-electron chi connectivity index (χ1n) is 37.5. The van der Waals surface area contributed by atoms with Crippen molar-refractivity contribution in [2.24, 2.45) is 0 Å². The summed E-state index contributed by atoms with van der Waals surface area (Å²) >= 11 is 0. The average molecular weight is 1400 g/mol. The van der Waals surface area contributed by atoms with E-state index in [1.165, 1.54) is 135 Å². The second-order valence-corrected chi connectivity index (χ2v) is 28.4. The van der Waals surface area contributed by atoms with Crippen LogP contribution < -0.4 is 0 Å². The number of ether oxygens (including phenoxy) is 7. The van der Waals surface area contributed by atoms with Crippen LogP contribution in [0.25, 0.3) is 0 Å². The van der Waals surface area contributed by atoms with Crippen molar-refractivity contribution in [1.29, 1.82) is 0 Å². The smallest absolute Gasteiger partial charge is 0.463 e. The van der Waals surface area contributed by atoms with Gasteiger partial charge in [-0.1, -0.05) is 238 Å². The van der Waals surface area contributed by atoms with Crippen molar-refractivity contribution in [2.75, 3.05) is 26.4 Å². The van der Waals surface area contributed by atoms with Crippen LogP contribution in [-0.2, 0) is 61.2 Å². The molecule has 0 spiro atoms. The third-order valence-electron chi connectivity index (χ3n) is 18.5. The Morgan fingerprint density at radius 2 is 0.729 bits per heavy atom. The van der Waals surface area contributed by atoms with Gasteiger partial charge in [0.25, 0.3) is 0 Å². The summed E-state index contributed by atoms with van der Waals surface area (Å²) in [5.74, 6) is -2.00. The number of esters is 3. The van der Waals surface area contributed by atoms with E-state index in [4.69, 9.17) is 42.2 Å². The van der Waals surface area contributed by atoms with Gasteiger partial charge in [0.05, 0.1) is 13.2 Å². The number of carbonyl (C=O) groups excluding carboxylic acids is 3. The quantitative estimate of drug-likeness (QED) is 0.00886. The summed E-state index contributed by atoms with van der Waals surface area (Å²) in [5, 5.41) is 110. The lowest BCUT2D eigenvalue weighted by atomic mass is 9.84. The molecule has 0 aromatic heterocycles. The summed E-state index contributed by atoms with van der Waals surface area (Å²) in [4.78, 5) is 50.9. The van der Waals surface area contributed by atoms with Gasteiger partial charge < -0.3 is 89.1 Å². The SMILES string of the molecule is CCCCCCCC/C=C\CCCCCC(=O)OCC(COP(=O)(O)OC1C(OC2OC(CO)C(O)C(O)C2O)C(O)C(O)C(O)C1OC1OC(COC(=O)CCCCCCCCCCCCCCCCC)C(O)C(O)C1O)OC(=O)CCCCCCCCCCCCCCC. The van der Waals surface area contributed by atoms with Crippen LogP contribution in [0.5, 0.6) is 0 Å². The normalized spacial score (nSPS) is 28.0. The Bertz CT molecular complexity index is 2040. The van der Waals surface area contributed by atoms with Crippen molar-refractivity contribution in [3.05, 3.63) is 12.2 Å². The maximum absolute atomic E-state index is 14.3. The summed E-state index contributed by atoms with van der Waals surface area (Å²) in [5.41, 5.74) is 0. The molecule has 0 radical (unpaired) electrons. The first kappa shape index (κ1) is 87.9. The van der Waals surface area contributed by atoms with Crippen LogP contribution in [0.2, 0.25) is 0 Å². The predicted octanol–water partition coefficient (Wildman–Crippen LogP) is 9.96. The zero-order chi connectivity index (χ0) is 70.4. The molecule has 24 nitrogen and oxygen atoms in total. The summed E-state index contributed by atoms with van der Waals surface area (Å²) < 4.78 is 65.0. The van der Waals surface area contributed by atoms with Gasteiger partial charge >= 0.3 is 25.7 Å². The molecule has 0 amide bonds. The standard InChI is InChI=1S/C71H131O24P/c1-4-7-10-13-16-19-22-25-26-29-31-34-37-40-43-46-56(74)88-51-54-59(77)61(79)66(84)71(92-54)94-68-64(82)62(80)63(81)67(93-70-65(83)60(78)58(76)53(48-72)91-70)69(68)95-96(85,86)89-50-52(90-57(75)47-44-41-38-35-32-28-24-21-18-15-12-9-6-3)49-87-55(73)45-42-39-36-33-30-27-23-20-17-14-11-8-5-2/h27,30,52-54,58-72,76-84H,4-26,28-29,31-51H2,1-3H3,(H,85,86)/b30-27-. The molecule has 0 aromatic carbocycles. The van der Waals surface area contributed by atoms with Crippen LogP contribution in [0.3, 0.4) is 0 Å². The molecule has 3 aliphatic rings. The number of aliphatic hydroxyl groups is 10. The molecular weight excluding hydrogens is 1270 g/mol. The Morgan fingerprint density at radius 3 is 1.14 bits per heavy atom. The van der Waals surface area contributed by atoms with Gasteiger partial charge in [-0.2, -0.15) is 0 Å². The van der Waals surface area contributed by atoms with Crippen LogP contribution in [0.15, 0.2) is 12.2 Å². The molecule has 96 heavy (non-hydrogen) atoms. The van der Waals surface area contributed by atoms with Gasteiger partial charge in [-0.05, 0) is 44.9 Å². The van der Waals surface area contributed by atoms with E-state index in [1.54, 1.807) is 0 Å². The highest BCUT2D eigenvalue weighted by Crippen LogP contribution is 2.49. The number of hydrogen-bond acceptors (Lipinski definition) is 23. The molecule has 2 heterocycles. The van der Waals surface area contributed by atoms with E-state index < -0.39 is 156 Å². The van der Waals surface area contributed by atoms with E-state index in [0.717, 1.165) is 96.3 Å². The first-order chi connectivity index (χ1) is 46.3. The molecule has 3 fully saturated rings. The fourth-order valence-corrected chi connectivity index (χ4v) is 13.4. The highest BCUT2D eigenvalue weighted by atomic mass is 31.2. The van der Waals surface area contributed by atoms with Gasteiger partial charge in [0, 0.05) is 19.3 Å². The number of carbonyl (C=O) groups is 3. The third-order valence-corrected chi connectivity index (χ3v) is 19.5. The van der Waals surface area contributed by atoms with Crippen LogP contribution in [0.1, 0.15) is 290 Å². The van der Waals surface area contributed by atoms with E-state index in [9.17, 15) is 74.9 Å². The Kier molecular flexibility index (Phi) is 49.0. The Labute approximate surface area is 573 Å². The topological polar surface area (TPSA) is 374 Å². The van der Waals surface area contributed by atoms with Crippen LogP contribution in [0, 0.1) is 0 Å². The molecule has 11 N–H and O–H groups in total. The number of unbranched alkanes of at least 4 members (excludes halogenated alkanes) is 35. The maximum Gasteiger partial charge on any atom is 0.472 e. The van der Waals surface area contributed by atoms with E-state index in [1.807, 2.05) is 0 Å². The summed E-state index contributed by atoms with van der Waals surface area (Å²) in [6.45, 7) is 3.43. The van der Waals surface area contributed by atoms with Gasteiger partial charge in [-0.3, -0.25) is 23.4 Å². The van der Waals surface area contributed by atoms with Gasteiger partial charge in [0.1, 0.15) is 98.7 Å². The molecule has 2 saturated heterocycles. The second kappa shape index (κ2) is 53.5. The third kappa shape index (κ3) is 36.5. The van der Waals surface area contributed by atoms with Crippen LogP contribution in [-0.4, -0.2) is 204 Å². The molecule has 25 heteroatoms. The molecule has 1 aliphatic carbocycles. The lowest BCUT2D eigenvalue weighted by molar-refractivity contribution is -0.360. The second-order valence-electron chi connectivity index (χ2n) is 27.0. The zero-order valence-corrected chi connectivity index (χ0v) is 59.6. The zero-order valence-electron chi connectivity index (χ0n) is 58.7. The minimum absolute atomic E-state index is 0.0276. The average Bonchev–Trinajstić information content (AvgIpc) is 0.767. The molecule has 0 aromatic rings. The van der Waals surface area contributed by atoms with Gasteiger partial charge in [0.15, 0.2) is 18.7 Å². The molecule has 18 atom stereocenters. The number of allylic oxidation sites excluding steroid dienone is 2. The van der Waals surface area contributed by atoms with Gasteiger partial charge in [-0.25, -0.2) is 4.57 Å². The maximum atomic E-state index is 14.3. The van der Waals surface area contributed by atoms with E-state index in [-0.39, 0.29) is 19.3 Å². The Balaban J connectivity index is 1.74. The molecule has 0 bridgehead atoms. The van der Waals surface area contributed by atoms with Crippen molar-refractivity contribution < 1.29 is 117 Å². The number of phosphoric ester groups is 1. The van der Waals surface area contributed by atoms with E-state index in [2.05, 4.69) is 32.9 Å². The molecule has 2 aliphatic heterocycles. The van der Waals surface area contributed by atoms with Crippen molar-refractivity contribution in [3.8, 4) is 0 Å². The minimum atomic E-state index is -5.69. The van der Waals surface area contributed by atoms with Crippen molar-refractivity contribution in [3.63, 3.8) is 0 Å². The van der Waals surface area contributed by atoms with E-state index in [0.29, 0.717) is 19.3 Å². The summed E-state index contributed by atoms with van der Waals surface area (Å²) in [6, 6.07) is 0. The predicted molar refractivity (Wildman–Crippen MR) is 361 cm³/mol. The fraction of sp³-hybridized carbons (Fsp3) is 0.930. The fourth-order valence-electron chi connectivity index (χ4n) is 12.4. The molecule has 18 unspecified atom stereocenters. The minimum Gasteiger partial charge on any atom is -0.463 e. The monoisotopic (exact) mass is 1400 g/mol. The van der Waals surface area contributed by atoms with Gasteiger partial charge in [-0.15, -0.1) is 0 Å².